The van der Waals surface area contributed by atoms with E-state index in [1.165, 1.54) is 18.5 Å². The lowest BCUT2D eigenvalue weighted by atomic mass is 9.81. The number of carbonyl (C=O) groups is 1. The molecule has 0 atom stereocenters. The molecule has 1 aromatic heterocycles. The smallest absolute Gasteiger partial charge is 0.256 e. The first-order valence-electron chi connectivity index (χ1n) is 5.37. The quantitative estimate of drug-likeness (QED) is 0.662. The van der Waals surface area contributed by atoms with E-state index in [4.69, 9.17) is 5.73 Å². The van der Waals surface area contributed by atoms with Gasteiger partial charge in [0.05, 0.1) is 0 Å². The summed E-state index contributed by atoms with van der Waals surface area (Å²) in [6.45, 7) is 0.598. The lowest BCUT2D eigenvalue weighted by molar-refractivity contribution is 0.0934. The predicted molar refractivity (Wildman–Crippen MR) is 60.1 cm³/mol. The van der Waals surface area contributed by atoms with E-state index in [1.807, 2.05) is 0 Å². The molecule has 2 rings (SSSR count). The lowest BCUT2D eigenvalue weighted by Gasteiger charge is -2.32. The van der Waals surface area contributed by atoms with Crippen LogP contribution in [0.2, 0.25) is 0 Å². The molecule has 0 aromatic carbocycles. The fourth-order valence-electron chi connectivity index (χ4n) is 1.88. The molecule has 1 saturated carbocycles. The first-order valence-corrected chi connectivity index (χ1v) is 5.37. The molecule has 0 unspecified atom stereocenters. The van der Waals surface area contributed by atoms with Crippen molar-refractivity contribution in [2.24, 2.45) is 11.7 Å². The van der Waals surface area contributed by atoms with Crippen molar-refractivity contribution in [3.05, 3.63) is 34.2 Å². The lowest BCUT2D eigenvalue weighted by Crippen LogP contribution is -2.43. The van der Waals surface area contributed by atoms with Gasteiger partial charge in [-0.1, -0.05) is 0 Å². The highest BCUT2D eigenvalue weighted by molar-refractivity contribution is 5.93. The van der Waals surface area contributed by atoms with Crippen LogP contribution in [0.5, 0.6) is 0 Å². The van der Waals surface area contributed by atoms with Crippen LogP contribution in [-0.4, -0.2) is 23.5 Å². The van der Waals surface area contributed by atoms with Gasteiger partial charge in [-0.25, -0.2) is 0 Å². The average molecular weight is 221 g/mol. The number of H-pyrrole nitrogens is 1. The summed E-state index contributed by atoms with van der Waals surface area (Å²) < 4.78 is 0. The van der Waals surface area contributed by atoms with Crippen LogP contribution in [-0.2, 0) is 0 Å². The van der Waals surface area contributed by atoms with Gasteiger partial charge in [-0.3, -0.25) is 9.59 Å². The number of aromatic amines is 1. The second kappa shape index (κ2) is 4.49. The molecule has 1 aromatic rings. The third-order valence-electron chi connectivity index (χ3n) is 2.89. The predicted octanol–water partition coefficient (Wildman–Crippen LogP) is -0.158. The van der Waals surface area contributed by atoms with Crippen molar-refractivity contribution in [3.63, 3.8) is 0 Å². The molecular weight excluding hydrogens is 206 g/mol. The van der Waals surface area contributed by atoms with Crippen LogP contribution in [0, 0.1) is 5.92 Å². The van der Waals surface area contributed by atoms with Crippen LogP contribution in [0.15, 0.2) is 23.3 Å². The maximum absolute atomic E-state index is 11.6. The number of pyridine rings is 1. The van der Waals surface area contributed by atoms with Crippen LogP contribution >= 0.6 is 0 Å². The summed E-state index contributed by atoms with van der Waals surface area (Å²) in [5.41, 5.74) is 5.54. The van der Waals surface area contributed by atoms with Gasteiger partial charge in [0.25, 0.3) is 5.91 Å². The van der Waals surface area contributed by atoms with E-state index in [0.717, 1.165) is 12.8 Å². The van der Waals surface area contributed by atoms with Gasteiger partial charge in [0, 0.05) is 31.0 Å². The molecule has 0 saturated heterocycles. The Bertz CT molecular complexity index is 435. The van der Waals surface area contributed by atoms with Crippen LogP contribution in [0.1, 0.15) is 23.2 Å². The van der Waals surface area contributed by atoms with E-state index in [2.05, 4.69) is 10.3 Å². The zero-order valence-corrected chi connectivity index (χ0v) is 8.90. The minimum absolute atomic E-state index is 0.158. The average Bonchev–Trinajstić information content (AvgIpc) is 2.23. The summed E-state index contributed by atoms with van der Waals surface area (Å²) in [6, 6.07) is 1.62. The minimum Gasteiger partial charge on any atom is -0.367 e. The molecule has 5 nitrogen and oxygen atoms in total. The number of nitrogens with two attached hydrogens (primary N) is 1. The van der Waals surface area contributed by atoms with Crippen molar-refractivity contribution in [2.45, 2.75) is 18.9 Å². The fourth-order valence-corrected chi connectivity index (χ4v) is 1.88. The van der Waals surface area contributed by atoms with Gasteiger partial charge in [-0.2, -0.15) is 0 Å². The third kappa shape index (κ3) is 2.30. The summed E-state index contributed by atoms with van der Waals surface area (Å²) in [4.78, 5) is 25.7. The Hall–Kier alpha value is -1.62. The summed E-state index contributed by atoms with van der Waals surface area (Å²) >= 11 is 0. The van der Waals surface area contributed by atoms with Crippen LogP contribution in [0.25, 0.3) is 0 Å². The second-order valence-electron chi connectivity index (χ2n) is 4.23. The molecule has 1 aliphatic rings. The van der Waals surface area contributed by atoms with Crippen LogP contribution < -0.4 is 16.5 Å². The van der Waals surface area contributed by atoms with E-state index >= 15 is 0 Å². The largest absolute Gasteiger partial charge is 0.367 e. The second-order valence-corrected chi connectivity index (χ2v) is 4.23. The highest BCUT2D eigenvalue weighted by Gasteiger charge is 2.26. The fraction of sp³-hybridized carbons (Fsp3) is 0.455. The van der Waals surface area contributed by atoms with Crippen molar-refractivity contribution in [1.29, 1.82) is 0 Å². The summed E-state index contributed by atoms with van der Waals surface area (Å²) in [6.07, 6.45) is 4.82. The minimum atomic E-state index is -0.317. The molecule has 1 amide bonds. The molecule has 16 heavy (non-hydrogen) atoms. The SMILES string of the molecule is NC1CC(CNC(=O)c2c[nH]ccc2=O)C1. The molecule has 1 heterocycles. The summed E-state index contributed by atoms with van der Waals surface area (Å²) in [5.74, 6) is 0.143. The van der Waals surface area contributed by atoms with Crippen LogP contribution in [0.3, 0.4) is 0 Å². The first-order chi connectivity index (χ1) is 7.66. The zero-order chi connectivity index (χ0) is 11.5. The Kier molecular flexibility index (Phi) is 3.05. The van der Waals surface area contributed by atoms with Crippen molar-refractivity contribution in [1.82, 2.24) is 10.3 Å². The van der Waals surface area contributed by atoms with Gasteiger partial charge in [0.15, 0.2) is 5.43 Å². The number of rotatable bonds is 3. The Balaban J connectivity index is 1.89. The van der Waals surface area contributed by atoms with Crippen molar-refractivity contribution < 1.29 is 4.79 Å². The van der Waals surface area contributed by atoms with Gasteiger partial charge in [0.1, 0.15) is 5.56 Å². The van der Waals surface area contributed by atoms with Gasteiger partial charge in [-0.05, 0) is 18.8 Å². The number of aromatic nitrogens is 1. The van der Waals surface area contributed by atoms with Crippen LogP contribution in [0.4, 0.5) is 0 Å². The van der Waals surface area contributed by atoms with E-state index < -0.39 is 0 Å². The number of hydrogen-bond acceptors (Lipinski definition) is 3. The van der Waals surface area contributed by atoms with Gasteiger partial charge in [0.2, 0.25) is 0 Å². The number of carbonyl (C=O) groups excluding carboxylic acids is 1. The zero-order valence-electron chi connectivity index (χ0n) is 8.90. The molecular formula is C11H15N3O2. The van der Waals surface area contributed by atoms with E-state index in [-0.39, 0.29) is 22.9 Å². The third-order valence-corrected chi connectivity index (χ3v) is 2.89. The Morgan fingerprint density at radius 3 is 2.94 bits per heavy atom. The molecule has 0 spiro atoms. The normalized spacial score (nSPS) is 23.6. The molecule has 0 bridgehead atoms. The van der Waals surface area contributed by atoms with Gasteiger partial charge < -0.3 is 16.0 Å². The summed E-state index contributed by atoms with van der Waals surface area (Å²) in [5, 5.41) is 2.75. The Morgan fingerprint density at radius 2 is 2.31 bits per heavy atom. The standard InChI is InChI=1S/C11H15N3O2/c12-8-3-7(4-8)5-14-11(16)9-6-13-2-1-10(9)15/h1-2,6-8H,3-5,12H2,(H,13,15)(H,14,16). The maximum atomic E-state index is 11.6. The van der Waals surface area contributed by atoms with Crippen molar-refractivity contribution in [2.75, 3.05) is 6.54 Å². The molecule has 1 fully saturated rings. The number of nitrogens with one attached hydrogen (secondary N) is 2. The Labute approximate surface area is 93.0 Å². The first kappa shape index (κ1) is 10.9. The molecule has 4 N–H and O–H groups in total. The number of hydrogen-bond donors (Lipinski definition) is 3. The van der Waals surface area contributed by atoms with Gasteiger partial charge in [-0.15, -0.1) is 0 Å². The molecule has 5 heteroatoms. The number of amides is 1. The monoisotopic (exact) mass is 221 g/mol. The topological polar surface area (TPSA) is 88.0 Å². The summed E-state index contributed by atoms with van der Waals surface area (Å²) in [7, 11) is 0. The molecule has 1 aliphatic carbocycles. The highest BCUT2D eigenvalue weighted by Crippen LogP contribution is 2.24. The molecule has 86 valence electrons. The maximum Gasteiger partial charge on any atom is 0.256 e. The highest BCUT2D eigenvalue weighted by atomic mass is 16.2. The van der Waals surface area contributed by atoms with Crippen molar-refractivity contribution >= 4 is 5.91 Å². The van der Waals surface area contributed by atoms with E-state index in [9.17, 15) is 9.59 Å². The van der Waals surface area contributed by atoms with E-state index in [0.29, 0.717) is 12.5 Å². The van der Waals surface area contributed by atoms with Gasteiger partial charge >= 0.3 is 0 Å². The molecule has 0 radical (unpaired) electrons. The molecule has 0 aliphatic heterocycles. The Morgan fingerprint density at radius 1 is 1.56 bits per heavy atom. The van der Waals surface area contributed by atoms with Crippen molar-refractivity contribution in [3.8, 4) is 0 Å². The van der Waals surface area contributed by atoms with E-state index in [1.54, 1.807) is 0 Å².